The summed E-state index contributed by atoms with van der Waals surface area (Å²) in [6, 6.07) is 11.4. The van der Waals surface area contributed by atoms with E-state index in [9.17, 15) is 4.79 Å². The molecule has 0 saturated heterocycles. The minimum Gasteiger partial charge on any atom is -0.336 e. The van der Waals surface area contributed by atoms with E-state index < -0.39 is 0 Å². The van der Waals surface area contributed by atoms with E-state index in [1.807, 2.05) is 41.1 Å². The second-order valence-electron chi connectivity index (χ2n) is 4.81. The zero-order chi connectivity index (χ0) is 14.8. The lowest BCUT2D eigenvalue weighted by Crippen LogP contribution is -2.26. The van der Waals surface area contributed by atoms with Gasteiger partial charge in [-0.05, 0) is 33.8 Å². The number of pyridine rings is 1. The van der Waals surface area contributed by atoms with Gasteiger partial charge in [0.05, 0.1) is 0 Å². The van der Waals surface area contributed by atoms with E-state index in [1.54, 1.807) is 29.4 Å². The topological polar surface area (TPSA) is 33.2 Å². The van der Waals surface area contributed by atoms with E-state index in [1.165, 1.54) is 0 Å². The standard InChI is InChI=1S/C16H13ClN2OS/c1-19(9-11-6-7-21-10-11)16(20)14-8-12-4-2-3-5-13(12)15(17)18-14/h2-8,10H,9H2,1H3. The molecule has 3 aromatic rings. The SMILES string of the molecule is CN(Cc1ccsc1)C(=O)c1cc2ccccc2c(Cl)n1. The van der Waals surface area contributed by atoms with Crippen LogP contribution in [0.15, 0.2) is 47.2 Å². The molecule has 2 heterocycles. The minimum absolute atomic E-state index is 0.131. The third kappa shape index (κ3) is 2.91. The van der Waals surface area contributed by atoms with Gasteiger partial charge < -0.3 is 4.90 Å². The fraction of sp³-hybridized carbons (Fsp3) is 0.125. The van der Waals surface area contributed by atoms with Crippen molar-refractivity contribution in [1.82, 2.24) is 9.88 Å². The van der Waals surface area contributed by atoms with Crippen LogP contribution in [-0.2, 0) is 6.54 Å². The van der Waals surface area contributed by atoms with E-state index in [0.717, 1.165) is 16.3 Å². The average molecular weight is 317 g/mol. The van der Waals surface area contributed by atoms with E-state index in [-0.39, 0.29) is 5.91 Å². The van der Waals surface area contributed by atoms with Crippen LogP contribution in [0, 0.1) is 0 Å². The van der Waals surface area contributed by atoms with Crippen molar-refractivity contribution in [2.45, 2.75) is 6.54 Å². The highest BCUT2D eigenvalue weighted by molar-refractivity contribution is 7.07. The van der Waals surface area contributed by atoms with E-state index >= 15 is 0 Å². The molecule has 0 aliphatic carbocycles. The molecule has 1 aromatic carbocycles. The third-order valence-corrected chi connectivity index (χ3v) is 4.28. The molecule has 3 rings (SSSR count). The van der Waals surface area contributed by atoms with Gasteiger partial charge in [0.15, 0.2) is 0 Å². The number of amides is 1. The molecule has 106 valence electrons. The molecule has 0 saturated carbocycles. The molecule has 1 amide bonds. The first-order valence-corrected chi connectivity index (χ1v) is 7.79. The summed E-state index contributed by atoms with van der Waals surface area (Å²) in [5.41, 5.74) is 1.49. The number of halogens is 1. The zero-order valence-corrected chi connectivity index (χ0v) is 13.0. The second-order valence-corrected chi connectivity index (χ2v) is 5.95. The van der Waals surface area contributed by atoms with Crippen molar-refractivity contribution >= 4 is 39.6 Å². The first-order valence-electron chi connectivity index (χ1n) is 6.47. The van der Waals surface area contributed by atoms with Crippen molar-refractivity contribution < 1.29 is 4.79 Å². The van der Waals surface area contributed by atoms with Gasteiger partial charge in [0.1, 0.15) is 10.8 Å². The second kappa shape index (κ2) is 5.84. The monoisotopic (exact) mass is 316 g/mol. The maximum atomic E-state index is 12.5. The van der Waals surface area contributed by atoms with E-state index in [2.05, 4.69) is 4.98 Å². The van der Waals surface area contributed by atoms with E-state index in [0.29, 0.717) is 17.4 Å². The van der Waals surface area contributed by atoms with Gasteiger partial charge in [0, 0.05) is 19.0 Å². The van der Waals surface area contributed by atoms with Crippen LogP contribution in [0.1, 0.15) is 16.1 Å². The Bertz CT molecular complexity index is 786. The third-order valence-electron chi connectivity index (χ3n) is 3.26. The van der Waals surface area contributed by atoms with Crippen molar-refractivity contribution in [2.75, 3.05) is 7.05 Å². The molecule has 0 atom stereocenters. The smallest absolute Gasteiger partial charge is 0.272 e. The van der Waals surface area contributed by atoms with Gasteiger partial charge in [-0.25, -0.2) is 4.98 Å². The molecule has 0 unspecified atom stereocenters. The molecule has 21 heavy (non-hydrogen) atoms. The van der Waals surface area contributed by atoms with Crippen LogP contribution in [0.2, 0.25) is 5.15 Å². The Morgan fingerprint density at radius 1 is 1.33 bits per heavy atom. The number of benzene rings is 1. The highest BCUT2D eigenvalue weighted by Crippen LogP contribution is 2.23. The van der Waals surface area contributed by atoms with Crippen molar-refractivity contribution in [3.63, 3.8) is 0 Å². The summed E-state index contributed by atoms with van der Waals surface area (Å²) in [6.45, 7) is 0.564. The number of hydrogen-bond acceptors (Lipinski definition) is 3. The Hall–Kier alpha value is -1.91. The normalized spacial score (nSPS) is 10.8. The number of rotatable bonds is 3. The first kappa shape index (κ1) is 14.0. The Kier molecular flexibility index (Phi) is 3.90. The number of carbonyl (C=O) groups is 1. The van der Waals surface area contributed by atoms with Crippen molar-refractivity contribution in [1.29, 1.82) is 0 Å². The van der Waals surface area contributed by atoms with Crippen LogP contribution in [0.25, 0.3) is 10.8 Å². The number of fused-ring (bicyclic) bond motifs is 1. The van der Waals surface area contributed by atoms with Gasteiger partial charge in [-0.2, -0.15) is 11.3 Å². The molecule has 0 aliphatic heterocycles. The molecule has 2 aromatic heterocycles. The van der Waals surface area contributed by atoms with Gasteiger partial charge in [-0.1, -0.05) is 35.9 Å². The van der Waals surface area contributed by atoms with Crippen LogP contribution in [0.5, 0.6) is 0 Å². The fourth-order valence-corrected chi connectivity index (χ4v) is 3.11. The summed E-state index contributed by atoms with van der Waals surface area (Å²) in [4.78, 5) is 18.4. The largest absolute Gasteiger partial charge is 0.336 e. The number of nitrogens with zero attached hydrogens (tertiary/aromatic N) is 2. The summed E-state index contributed by atoms with van der Waals surface area (Å²) >= 11 is 7.79. The predicted octanol–water partition coefficient (Wildman–Crippen LogP) is 4.22. The van der Waals surface area contributed by atoms with Crippen LogP contribution < -0.4 is 0 Å². The molecule has 0 radical (unpaired) electrons. The Labute approximate surface area is 131 Å². The predicted molar refractivity (Wildman–Crippen MR) is 86.9 cm³/mol. The van der Waals surface area contributed by atoms with Crippen LogP contribution in [-0.4, -0.2) is 22.8 Å². The fourth-order valence-electron chi connectivity index (χ4n) is 2.19. The van der Waals surface area contributed by atoms with Gasteiger partial charge >= 0.3 is 0 Å². The maximum Gasteiger partial charge on any atom is 0.272 e. The number of thiophene rings is 1. The maximum absolute atomic E-state index is 12.5. The highest BCUT2D eigenvalue weighted by Gasteiger charge is 2.15. The van der Waals surface area contributed by atoms with Crippen molar-refractivity contribution in [2.24, 2.45) is 0 Å². The summed E-state index contributed by atoms with van der Waals surface area (Å²) in [5.74, 6) is -0.131. The van der Waals surface area contributed by atoms with Crippen molar-refractivity contribution in [3.05, 3.63) is 63.6 Å². The molecule has 5 heteroatoms. The Morgan fingerprint density at radius 2 is 2.14 bits per heavy atom. The van der Waals surface area contributed by atoms with Crippen molar-refractivity contribution in [3.8, 4) is 0 Å². The van der Waals surface area contributed by atoms with Gasteiger partial charge in [0.2, 0.25) is 0 Å². The highest BCUT2D eigenvalue weighted by atomic mass is 35.5. The lowest BCUT2D eigenvalue weighted by atomic mass is 10.1. The van der Waals surface area contributed by atoms with E-state index in [4.69, 9.17) is 11.6 Å². The quantitative estimate of drug-likeness (QED) is 0.678. The van der Waals surface area contributed by atoms with Crippen LogP contribution in [0.4, 0.5) is 0 Å². The van der Waals surface area contributed by atoms with Gasteiger partial charge in [-0.15, -0.1) is 0 Å². The molecule has 0 bridgehead atoms. The molecule has 0 N–H and O–H groups in total. The van der Waals surface area contributed by atoms with Gasteiger partial charge in [-0.3, -0.25) is 4.79 Å². The van der Waals surface area contributed by atoms with Gasteiger partial charge in [0.25, 0.3) is 5.91 Å². The molecule has 0 spiro atoms. The molecule has 3 nitrogen and oxygen atoms in total. The minimum atomic E-state index is -0.131. The number of carbonyl (C=O) groups excluding carboxylic acids is 1. The first-order chi connectivity index (χ1) is 10.1. The number of aromatic nitrogens is 1. The van der Waals surface area contributed by atoms with Crippen LogP contribution in [0.3, 0.4) is 0 Å². The molecular weight excluding hydrogens is 304 g/mol. The lowest BCUT2D eigenvalue weighted by Gasteiger charge is -2.16. The van der Waals surface area contributed by atoms with Crippen LogP contribution >= 0.6 is 22.9 Å². The summed E-state index contributed by atoms with van der Waals surface area (Å²) < 4.78 is 0. The molecule has 0 aliphatic rings. The Morgan fingerprint density at radius 3 is 2.90 bits per heavy atom. The molecule has 0 fully saturated rings. The Balaban J connectivity index is 1.90. The zero-order valence-electron chi connectivity index (χ0n) is 11.4. The summed E-state index contributed by atoms with van der Waals surface area (Å²) in [5, 5.41) is 6.17. The summed E-state index contributed by atoms with van der Waals surface area (Å²) in [6.07, 6.45) is 0. The average Bonchev–Trinajstić information content (AvgIpc) is 2.99. The molecular formula is C16H13ClN2OS. The number of hydrogen-bond donors (Lipinski definition) is 0. The summed E-state index contributed by atoms with van der Waals surface area (Å²) in [7, 11) is 1.77. The lowest BCUT2D eigenvalue weighted by molar-refractivity contribution is 0.0779.